The van der Waals surface area contributed by atoms with Gasteiger partial charge >= 0.3 is 0 Å². The molecule has 2 nitrogen and oxygen atoms in total. The average Bonchev–Trinajstić information content (AvgIpc) is 2.40. The van der Waals surface area contributed by atoms with Gasteiger partial charge in [0.25, 0.3) is 0 Å². The summed E-state index contributed by atoms with van der Waals surface area (Å²) >= 11 is 3.93. The van der Waals surface area contributed by atoms with Gasteiger partial charge in [0.1, 0.15) is 5.82 Å². The zero-order valence-electron chi connectivity index (χ0n) is 12.8. The minimum atomic E-state index is -0.302. The lowest BCUT2D eigenvalue weighted by atomic mass is 9.49. The predicted octanol–water partition coefficient (Wildman–Crippen LogP) is 4.81. The van der Waals surface area contributed by atoms with Crippen LogP contribution in [0.15, 0.2) is 18.2 Å². The third-order valence-corrected chi connectivity index (χ3v) is 6.85. The van der Waals surface area contributed by atoms with Gasteiger partial charge in [-0.15, -0.1) is 0 Å². The van der Waals surface area contributed by atoms with Crippen molar-refractivity contribution >= 4 is 27.5 Å². The van der Waals surface area contributed by atoms with E-state index in [-0.39, 0.29) is 21.5 Å². The van der Waals surface area contributed by atoms with Gasteiger partial charge < -0.3 is 5.32 Å². The number of nitrogens with one attached hydrogen (secondary N) is 1. The lowest BCUT2D eigenvalue weighted by molar-refractivity contribution is -0.138. The zero-order valence-corrected chi connectivity index (χ0v) is 14.4. The molecular weight excluding hydrogens is 345 g/mol. The summed E-state index contributed by atoms with van der Waals surface area (Å²) in [5.74, 6) is 1.13. The molecule has 1 aromatic rings. The molecule has 0 aliphatic heterocycles. The van der Waals surface area contributed by atoms with Crippen molar-refractivity contribution in [1.29, 1.82) is 0 Å². The summed E-state index contributed by atoms with van der Waals surface area (Å²) in [4.78, 5) is 13.0. The van der Waals surface area contributed by atoms with Gasteiger partial charge in [-0.1, -0.05) is 22.0 Å². The summed E-state index contributed by atoms with van der Waals surface area (Å²) in [6.45, 7) is 1.90. The molecule has 4 bridgehead atoms. The third kappa shape index (κ3) is 2.31. The smallest absolute Gasteiger partial charge is 0.230 e. The van der Waals surface area contributed by atoms with E-state index in [0.29, 0.717) is 17.5 Å². The highest BCUT2D eigenvalue weighted by Crippen LogP contribution is 2.64. The van der Waals surface area contributed by atoms with E-state index in [1.807, 2.05) is 6.92 Å². The summed E-state index contributed by atoms with van der Waals surface area (Å²) < 4.78 is 13.6. The van der Waals surface area contributed by atoms with Crippen molar-refractivity contribution < 1.29 is 9.18 Å². The summed E-state index contributed by atoms with van der Waals surface area (Å²) in [6, 6.07) is 4.58. The molecule has 0 heterocycles. The van der Waals surface area contributed by atoms with Gasteiger partial charge in [0.05, 0.1) is 5.41 Å². The molecule has 0 saturated heterocycles. The second-order valence-electron chi connectivity index (χ2n) is 7.81. The highest BCUT2D eigenvalue weighted by atomic mass is 79.9. The Morgan fingerprint density at radius 3 is 2.59 bits per heavy atom. The molecule has 4 atom stereocenters. The van der Waals surface area contributed by atoms with Gasteiger partial charge in [0.2, 0.25) is 5.91 Å². The Morgan fingerprint density at radius 1 is 1.27 bits per heavy atom. The third-order valence-electron chi connectivity index (χ3n) is 5.92. The van der Waals surface area contributed by atoms with Crippen LogP contribution in [0.2, 0.25) is 0 Å². The minimum absolute atomic E-state index is 0.0964. The highest BCUT2D eigenvalue weighted by molar-refractivity contribution is 9.10. The van der Waals surface area contributed by atoms with E-state index < -0.39 is 0 Å². The summed E-state index contributed by atoms with van der Waals surface area (Å²) in [5.41, 5.74) is 1.27. The first kappa shape index (κ1) is 14.7. The molecule has 1 aromatic carbocycles. The molecule has 4 fully saturated rings. The van der Waals surface area contributed by atoms with Crippen LogP contribution in [0, 0.1) is 30.0 Å². The van der Waals surface area contributed by atoms with Crippen LogP contribution in [0.1, 0.15) is 44.1 Å². The Morgan fingerprint density at radius 2 is 1.95 bits per heavy atom. The SMILES string of the molecule is Cc1ccc(F)cc1NC(=O)C12C[C@@H]3C[C@@H](CC(Br)(C3)C1)C2. The fraction of sp³-hybridized carbons (Fsp3) is 0.611. The molecule has 4 saturated carbocycles. The fourth-order valence-electron chi connectivity index (χ4n) is 5.40. The van der Waals surface area contributed by atoms with Gasteiger partial charge in [-0.05, 0) is 75.0 Å². The molecule has 4 aliphatic rings. The number of anilines is 1. The van der Waals surface area contributed by atoms with E-state index >= 15 is 0 Å². The molecule has 1 N–H and O–H groups in total. The Bertz CT molecular complexity index is 630. The number of carbonyl (C=O) groups excluding carboxylic acids is 1. The van der Waals surface area contributed by atoms with Gasteiger partial charge in [-0.2, -0.15) is 0 Å². The highest BCUT2D eigenvalue weighted by Gasteiger charge is 2.59. The number of halogens is 2. The van der Waals surface area contributed by atoms with E-state index in [1.165, 1.54) is 31.4 Å². The average molecular weight is 366 g/mol. The minimum Gasteiger partial charge on any atom is -0.325 e. The number of rotatable bonds is 2. The number of benzene rings is 1. The lowest BCUT2D eigenvalue weighted by Crippen LogP contribution is -2.57. The molecule has 4 aliphatic carbocycles. The quantitative estimate of drug-likeness (QED) is 0.748. The van der Waals surface area contributed by atoms with Crippen molar-refractivity contribution in [3.05, 3.63) is 29.6 Å². The first-order valence-corrected chi connectivity index (χ1v) is 8.93. The number of carbonyl (C=O) groups is 1. The molecule has 4 heteroatoms. The van der Waals surface area contributed by atoms with Crippen LogP contribution in [0.25, 0.3) is 0 Å². The first-order chi connectivity index (χ1) is 10.4. The number of alkyl halides is 1. The maximum atomic E-state index is 13.5. The van der Waals surface area contributed by atoms with Crippen molar-refractivity contribution in [2.75, 3.05) is 5.32 Å². The largest absolute Gasteiger partial charge is 0.325 e. The molecule has 0 aromatic heterocycles. The summed E-state index contributed by atoms with van der Waals surface area (Å²) in [7, 11) is 0. The van der Waals surface area contributed by atoms with Crippen LogP contribution in [0.3, 0.4) is 0 Å². The van der Waals surface area contributed by atoms with Gasteiger partial charge in [0.15, 0.2) is 0 Å². The van der Waals surface area contributed by atoms with Crippen molar-refractivity contribution in [2.24, 2.45) is 17.3 Å². The van der Waals surface area contributed by atoms with E-state index in [4.69, 9.17) is 0 Å². The van der Waals surface area contributed by atoms with Gasteiger partial charge in [-0.25, -0.2) is 4.39 Å². The van der Waals surface area contributed by atoms with Crippen molar-refractivity contribution in [3.8, 4) is 0 Å². The van der Waals surface area contributed by atoms with Crippen LogP contribution < -0.4 is 5.32 Å². The molecule has 2 unspecified atom stereocenters. The lowest BCUT2D eigenvalue weighted by Gasteiger charge is -2.59. The molecule has 22 heavy (non-hydrogen) atoms. The number of hydrogen-bond donors (Lipinski definition) is 1. The normalized spacial score (nSPS) is 39.0. The fourth-order valence-corrected chi connectivity index (χ4v) is 6.85. The van der Waals surface area contributed by atoms with E-state index in [1.54, 1.807) is 6.07 Å². The van der Waals surface area contributed by atoms with Crippen LogP contribution >= 0.6 is 15.9 Å². The maximum absolute atomic E-state index is 13.5. The van der Waals surface area contributed by atoms with E-state index in [2.05, 4.69) is 21.2 Å². The van der Waals surface area contributed by atoms with Crippen LogP contribution in [-0.2, 0) is 4.79 Å². The number of hydrogen-bond acceptors (Lipinski definition) is 1. The Hall–Kier alpha value is -0.900. The Balaban J connectivity index is 1.61. The summed E-state index contributed by atoms with van der Waals surface area (Å²) in [6.07, 6.45) is 6.61. The molecule has 0 radical (unpaired) electrons. The van der Waals surface area contributed by atoms with Crippen molar-refractivity contribution in [1.82, 2.24) is 0 Å². The first-order valence-electron chi connectivity index (χ1n) is 8.14. The molecule has 1 amide bonds. The van der Waals surface area contributed by atoms with Gasteiger partial charge in [0, 0.05) is 10.0 Å². The van der Waals surface area contributed by atoms with Crippen molar-refractivity contribution in [2.45, 2.75) is 49.8 Å². The standard InChI is InChI=1S/C18H21BrFNO/c1-11-2-3-14(20)5-15(11)21-16(22)17-6-12-4-13(7-17)9-18(19,8-12)10-17/h2-3,5,12-13H,4,6-10H2,1H3,(H,21,22)/t12-,13+,17?,18?. The van der Waals surface area contributed by atoms with Crippen LogP contribution in [0.4, 0.5) is 10.1 Å². The second-order valence-corrected chi connectivity index (χ2v) is 9.49. The van der Waals surface area contributed by atoms with Gasteiger partial charge in [-0.3, -0.25) is 4.79 Å². The number of amides is 1. The Labute approximate surface area is 139 Å². The molecular formula is C18H21BrFNO. The van der Waals surface area contributed by atoms with Crippen LogP contribution in [0.5, 0.6) is 0 Å². The van der Waals surface area contributed by atoms with Crippen molar-refractivity contribution in [3.63, 3.8) is 0 Å². The maximum Gasteiger partial charge on any atom is 0.230 e. The topological polar surface area (TPSA) is 29.1 Å². The molecule has 5 rings (SSSR count). The zero-order chi connectivity index (χ0) is 15.5. The van der Waals surface area contributed by atoms with E-state index in [9.17, 15) is 9.18 Å². The van der Waals surface area contributed by atoms with E-state index in [0.717, 1.165) is 24.8 Å². The monoisotopic (exact) mass is 365 g/mol. The summed E-state index contributed by atoms with van der Waals surface area (Å²) in [5, 5.41) is 3.03. The molecule has 118 valence electrons. The van der Waals surface area contributed by atoms with Crippen LogP contribution in [-0.4, -0.2) is 10.2 Å². The number of aryl methyl sites for hydroxylation is 1. The predicted molar refractivity (Wildman–Crippen MR) is 88.5 cm³/mol. The second kappa shape index (κ2) is 4.80. The Kier molecular flexibility index (Phi) is 3.20. The molecule has 0 spiro atoms.